The summed E-state index contributed by atoms with van der Waals surface area (Å²) in [5.74, 6) is 1.59. The third-order valence-corrected chi connectivity index (χ3v) is 3.12. The van der Waals surface area contributed by atoms with Gasteiger partial charge in [-0.2, -0.15) is 0 Å². The van der Waals surface area contributed by atoms with Crippen molar-refractivity contribution in [2.24, 2.45) is 16.6 Å². The number of benzene rings is 1. The molecule has 0 spiro atoms. The van der Waals surface area contributed by atoms with Gasteiger partial charge < -0.3 is 20.9 Å². The van der Waals surface area contributed by atoms with Crippen molar-refractivity contribution in [3.8, 4) is 5.75 Å². The van der Waals surface area contributed by atoms with Crippen molar-refractivity contribution < 1.29 is 9.84 Å². The maximum atomic E-state index is 9.01. The highest BCUT2D eigenvalue weighted by atomic mass is 16.5. The van der Waals surface area contributed by atoms with Gasteiger partial charge in [0.05, 0.1) is 7.11 Å². The number of methoxy groups -OCH3 is 1. The SMILES string of the molecule is CCCC(CCO)CN=C(N)Nc1ccc(OC)cc1. The monoisotopic (exact) mass is 279 g/mol. The van der Waals surface area contributed by atoms with Crippen LogP contribution in [0, 0.1) is 5.92 Å². The Labute approximate surface area is 120 Å². The van der Waals surface area contributed by atoms with Crippen LogP contribution in [0.3, 0.4) is 0 Å². The summed E-state index contributed by atoms with van der Waals surface area (Å²) in [6, 6.07) is 7.50. The number of nitrogens with zero attached hydrogens (tertiary/aromatic N) is 1. The van der Waals surface area contributed by atoms with Gasteiger partial charge in [-0.25, -0.2) is 0 Å². The molecule has 1 atom stereocenters. The van der Waals surface area contributed by atoms with Crippen LogP contribution < -0.4 is 15.8 Å². The molecule has 0 aliphatic rings. The molecular weight excluding hydrogens is 254 g/mol. The fraction of sp³-hybridized carbons (Fsp3) is 0.533. The molecular formula is C15H25N3O2. The molecule has 0 radical (unpaired) electrons. The zero-order valence-corrected chi connectivity index (χ0v) is 12.3. The number of guanidine groups is 1. The van der Waals surface area contributed by atoms with Crippen LogP contribution in [0.5, 0.6) is 5.75 Å². The van der Waals surface area contributed by atoms with Crippen molar-refractivity contribution in [2.45, 2.75) is 26.2 Å². The number of hydrogen-bond acceptors (Lipinski definition) is 3. The number of aliphatic imine (C=N–C) groups is 1. The highest BCUT2D eigenvalue weighted by Gasteiger charge is 2.06. The fourth-order valence-corrected chi connectivity index (χ4v) is 2.01. The molecule has 112 valence electrons. The Balaban J connectivity index is 2.50. The summed E-state index contributed by atoms with van der Waals surface area (Å²) in [5, 5.41) is 12.0. The number of anilines is 1. The van der Waals surface area contributed by atoms with Gasteiger partial charge in [0.2, 0.25) is 0 Å². The van der Waals surface area contributed by atoms with Crippen LogP contribution in [-0.2, 0) is 0 Å². The smallest absolute Gasteiger partial charge is 0.193 e. The van der Waals surface area contributed by atoms with Crippen molar-refractivity contribution in [1.82, 2.24) is 0 Å². The molecule has 0 aromatic heterocycles. The Bertz CT molecular complexity index is 398. The van der Waals surface area contributed by atoms with Crippen LogP contribution in [0.4, 0.5) is 5.69 Å². The number of aliphatic hydroxyl groups excluding tert-OH is 1. The number of nitrogens with one attached hydrogen (secondary N) is 1. The number of nitrogens with two attached hydrogens (primary N) is 1. The summed E-state index contributed by atoms with van der Waals surface area (Å²) in [4.78, 5) is 4.34. The third kappa shape index (κ3) is 5.93. The molecule has 0 aliphatic carbocycles. The van der Waals surface area contributed by atoms with Gasteiger partial charge in [-0.15, -0.1) is 0 Å². The standard InChI is InChI=1S/C15H25N3O2/c1-3-4-12(9-10-19)11-17-15(16)18-13-5-7-14(20-2)8-6-13/h5-8,12,19H,3-4,9-11H2,1-2H3,(H3,16,17,18). The van der Waals surface area contributed by atoms with E-state index in [0.29, 0.717) is 18.4 Å². The molecule has 20 heavy (non-hydrogen) atoms. The molecule has 0 aliphatic heterocycles. The lowest BCUT2D eigenvalue weighted by atomic mass is 10.0. The molecule has 0 saturated heterocycles. The Morgan fingerprint density at radius 3 is 2.60 bits per heavy atom. The molecule has 1 aromatic rings. The van der Waals surface area contributed by atoms with E-state index in [1.54, 1.807) is 7.11 Å². The second-order valence-electron chi connectivity index (χ2n) is 4.75. The molecule has 0 amide bonds. The van der Waals surface area contributed by atoms with Gasteiger partial charge in [0.25, 0.3) is 0 Å². The second kappa shape index (κ2) is 9.20. The lowest BCUT2D eigenvalue weighted by molar-refractivity contribution is 0.253. The van der Waals surface area contributed by atoms with Gasteiger partial charge in [-0.1, -0.05) is 13.3 Å². The molecule has 5 nitrogen and oxygen atoms in total. The zero-order valence-electron chi connectivity index (χ0n) is 12.3. The molecule has 0 saturated carbocycles. The Kier molecular flexibility index (Phi) is 7.50. The van der Waals surface area contributed by atoms with Crippen LogP contribution >= 0.6 is 0 Å². The number of aliphatic hydroxyl groups is 1. The summed E-state index contributed by atoms with van der Waals surface area (Å²) >= 11 is 0. The first-order valence-electron chi connectivity index (χ1n) is 7.01. The van der Waals surface area contributed by atoms with Crippen LogP contribution in [0.1, 0.15) is 26.2 Å². The topological polar surface area (TPSA) is 79.9 Å². The largest absolute Gasteiger partial charge is 0.497 e. The normalized spacial score (nSPS) is 13.1. The van der Waals surface area contributed by atoms with Crippen LogP contribution in [0.25, 0.3) is 0 Å². The average Bonchev–Trinajstić information content (AvgIpc) is 2.46. The van der Waals surface area contributed by atoms with Crippen molar-refractivity contribution >= 4 is 11.6 Å². The van der Waals surface area contributed by atoms with E-state index in [-0.39, 0.29) is 6.61 Å². The quantitative estimate of drug-likeness (QED) is 0.503. The molecule has 1 rings (SSSR count). The lowest BCUT2D eigenvalue weighted by Crippen LogP contribution is -2.24. The van der Waals surface area contributed by atoms with E-state index in [0.717, 1.165) is 30.7 Å². The van der Waals surface area contributed by atoms with E-state index in [1.807, 2.05) is 24.3 Å². The van der Waals surface area contributed by atoms with Crippen LogP contribution in [0.2, 0.25) is 0 Å². The van der Waals surface area contributed by atoms with Crippen LogP contribution in [0.15, 0.2) is 29.3 Å². The summed E-state index contributed by atoms with van der Waals surface area (Å²) in [6.07, 6.45) is 2.92. The van der Waals surface area contributed by atoms with Crippen molar-refractivity contribution in [1.29, 1.82) is 0 Å². The predicted octanol–water partition coefficient (Wildman–Crippen LogP) is 2.22. The minimum Gasteiger partial charge on any atom is -0.497 e. The first-order valence-corrected chi connectivity index (χ1v) is 7.01. The summed E-state index contributed by atoms with van der Waals surface area (Å²) in [6.45, 7) is 2.97. The Hall–Kier alpha value is -1.75. The molecule has 0 heterocycles. The predicted molar refractivity (Wildman–Crippen MR) is 83.2 cm³/mol. The van der Waals surface area contributed by atoms with Gasteiger partial charge in [-0.3, -0.25) is 4.99 Å². The van der Waals surface area contributed by atoms with Crippen molar-refractivity contribution in [3.63, 3.8) is 0 Å². The molecule has 1 unspecified atom stereocenters. The minimum atomic E-state index is 0.200. The number of hydrogen-bond donors (Lipinski definition) is 3. The highest BCUT2D eigenvalue weighted by molar-refractivity contribution is 5.92. The zero-order chi connectivity index (χ0) is 14.8. The van der Waals surface area contributed by atoms with E-state index < -0.39 is 0 Å². The van der Waals surface area contributed by atoms with Gasteiger partial charge in [0.1, 0.15) is 5.75 Å². The Morgan fingerprint density at radius 2 is 2.05 bits per heavy atom. The van der Waals surface area contributed by atoms with E-state index in [1.165, 1.54) is 0 Å². The summed E-state index contributed by atoms with van der Waals surface area (Å²) < 4.78 is 5.09. The van der Waals surface area contributed by atoms with E-state index >= 15 is 0 Å². The average molecular weight is 279 g/mol. The molecule has 5 heteroatoms. The van der Waals surface area contributed by atoms with Gasteiger partial charge in [-0.05, 0) is 43.0 Å². The first kappa shape index (κ1) is 16.3. The maximum absolute atomic E-state index is 9.01. The summed E-state index contributed by atoms with van der Waals surface area (Å²) in [7, 11) is 1.63. The van der Waals surface area contributed by atoms with Gasteiger partial charge in [0.15, 0.2) is 5.96 Å². The number of rotatable bonds is 8. The van der Waals surface area contributed by atoms with Crippen molar-refractivity contribution in [3.05, 3.63) is 24.3 Å². The summed E-state index contributed by atoms with van der Waals surface area (Å²) in [5.41, 5.74) is 6.74. The number of ether oxygens (including phenoxy) is 1. The van der Waals surface area contributed by atoms with Crippen LogP contribution in [-0.4, -0.2) is 31.3 Å². The van der Waals surface area contributed by atoms with E-state index in [4.69, 9.17) is 15.6 Å². The fourth-order valence-electron chi connectivity index (χ4n) is 2.01. The molecule has 1 aromatic carbocycles. The minimum absolute atomic E-state index is 0.200. The van der Waals surface area contributed by atoms with Gasteiger partial charge >= 0.3 is 0 Å². The molecule has 0 bridgehead atoms. The Morgan fingerprint density at radius 1 is 1.35 bits per heavy atom. The third-order valence-electron chi connectivity index (χ3n) is 3.12. The highest BCUT2D eigenvalue weighted by Crippen LogP contribution is 2.15. The lowest BCUT2D eigenvalue weighted by Gasteiger charge is -2.13. The maximum Gasteiger partial charge on any atom is 0.193 e. The second-order valence-corrected chi connectivity index (χ2v) is 4.75. The van der Waals surface area contributed by atoms with E-state index in [9.17, 15) is 0 Å². The first-order chi connectivity index (χ1) is 9.69. The molecule has 0 fully saturated rings. The van der Waals surface area contributed by atoms with Crippen molar-refractivity contribution in [2.75, 3.05) is 25.6 Å². The van der Waals surface area contributed by atoms with E-state index in [2.05, 4.69) is 17.2 Å². The van der Waals surface area contributed by atoms with Gasteiger partial charge in [0, 0.05) is 18.8 Å². The molecule has 4 N–H and O–H groups in total.